The lowest BCUT2D eigenvalue weighted by Crippen LogP contribution is -2.44. The molecule has 10 heteroatoms. The predicted octanol–water partition coefficient (Wildman–Crippen LogP) is 4.45. The maximum atomic E-state index is 12.9. The second-order valence-corrected chi connectivity index (χ2v) is 8.79. The van der Waals surface area contributed by atoms with Crippen molar-refractivity contribution in [2.45, 2.75) is 11.7 Å². The van der Waals surface area contributed by atoms with Gasteiger partial charge in [0.25, 0.3) is 0 Å². The van der Waals surface area contributed by atoms with E-state index in [1.165, 1.54) is 38.1 Å². The molecule has 0 aliphatic carbocycles. The monoisotopic (exact) mass is 504 g/mol. The van der Waals surface area contributed by atoms with Crippen LogP contribution in [0.25, 0.3) is 0 Å². The van der Waals surface area contributed by atoms with Gasteiger partial charge in [-0.2, -0.15) is 5.26 Å². The zero-order chi connectivity index (χ0) is 24.1. The first-order valence-corrected chi connectivity index (χ1v) is 11.3. The van der Waals surface area contributed by atoms with E-state index in [-0.39, 0.29) is 5.57 Å². The van der Waals surface area contributed by atoms with Crippen LogP contribution in [-0.4, -0.2) is 32.1 Å². The minimum Gasteiger partial charge on any atom is -0.468 e. The fraction of sp³-hybridized carbons (Fsp3) is 0.217. The number of allylic oxidation sites excluding steroid dienone is 1. The summed E-state index contributed by atoms with van der Waals surface area (Å²) in [4.78, 5) is 37.2. The Bertz CT molecular complexity index is 1170. The zero-order valence-electron chi connectivity index (χ0n) is 17.6. The Balaban J connectivity index is 2.02. The lowest BCUT2D eigenvalue weighted by atomic mass is 9.78. The summed E-state index contributed by atoms with van der Waals surface area (Å²) < 4.78 is 9.54. The lowest BCUT2D eigenvalue weighted by Gasteiger charge is -2.31. The maximum Gasteiger partial charge on any atom is 0.337 e. The van der Waals surface area contributed by atoms with Crippen molar-refractivity contribution in [2.24, 2.45) is 5.92 Å². The number of esters is 2. The number of thioether (sulfide) groups is 1. The molecule has 1 amide bonds. The van der Waals surface area contributed by atoms with Crippen LogP contribution in [0, 0.1) is 17.2 Å². The number of hydrogen-bond donors (Lipinski definition) is 1. The largest absolute Gasteiger partial charge is 0.468 e. The number of carbonyl (C=O) groups excluding carboxylic acids is 3. The van der Waals surface area contributed by atoms with Gasteiger partial charge < -0.3 is 14.8 Å². The van der Waals surface area contributed by atoms with Crippen LogP contribution in [-0.2, 0) is 24.8 Å². The summed E-state index contributed by atoms with van der Waals surface area (Å²) in [6.07, 6.45) is 0. The fourth-order valence-corrected chi connectivity index (χ4v) is 5.02. The molecule has 0 unspecified atom stereocenters. The van der Waals surface area contributed by atoms with Crippen molar-refractivity contribution in [3.63, 3.8) is 0 Å². The van der Waals surface area contributed by atoms with Gasteiger partial charge in [0.1, 0.15) is 5.92 Å². The summed E-state index contributed by atoms with van der Waals surface area (Å²) in [5.41, 5.74) is 1.77. The molecule has 0 radical (unpaired) electrons. The van der Waals surface area contributed by atoms with Gasteiger partial charge in [0, 0.05) is 21.7 Å². The number of ether oxygens (including phenoxy) is 2. The zero-order valence-corrected chi connectivity index (χ0v) is 19.9. The second kappa shape index (κ2) is 10.8. The van der Waals surface area contributed by atoms with Crippen molar-refractivity contribution in [1.29, 1.82) is 5.26 Å². The van der Waals surface area contributed by atoms with Crippen molar-refractivity contribution in [1.82, 2.24) is 5.32 Å². The average Bonchev–Trinajstić information content (AvgIpc) is 2.82. The molecule has 0 saturated carbocycles. The molecule has 1 N–H and O–H groups in total. The van der Waals surface area contributed by atoms with Gasteiger partial charge in [0.15, 0.2) is 0 Å². The second-order valence-electron chi connectivity index (χ2n) is 6.96. The number of benzene rings is 2. The Hall–Kier alpha value is -2.99. The topological polar surface area (TPSA) is 105 Å². The van der Waals surface area contributed by atoms with Crippen LogP contribution >= 0.6 is 35.0 Å². The SMILES string of the molecule is COC(=O)c1ccc([C@H]2C(C#N)=C(SCc3ccc(Cl)cc3Cl)NC(=O)[C@@H]2C(=O)OC)cc1. The van der Waals surface area contributed by atoms with Crippen LogP contribution in [0.15, 0.2) is 53.1 Å². The first-order chi connectivity index (χ1) is 15.8. The highest BCUT2D eigenvalue weighted by atomic mass is 35.5. The van der Waals surface area contributed by atoms with E-state index in [4.69, 9.17) is 32.7 Å². The van der Waals surface area contributed by atoms with Gasteiger partial charge in [-0.3, -0.25) is 9.59 Å². The number of rotatable bonds is 6. The molecule has 2 aromatic rings. The third kappa shape index (κ3) is 5.33. The summed E-state index contributed by atoms with van der Waals surface area (Å²) in [6, 6.07) is 13.4. The standard InChI is InChI=1S/C23H18Cl2N2O5S/c1-31-22(29)13-5-3-12(4-6-13)18-16(10-26)21(27-20(28)19(18)23(30)32-2)33-11-14-7-8-15(24)9-17(14)25/h3-9,18-19H,11H2,1-2H3,(H,27,28)/t18-,19+/m0/s1. The van der Waals surface area contributed by atoms with Crippen molar-refractivity contribution >= 4 is 52.8 Å². The number of nitrogens with zero attached hydrogens (tertiary/aromatic N) is 1. The highest BCUT2D eigenvalue weighted by Gasteiger charge is 2.44. The quantitative estimate of drug-likeness (QED) is 0.457. The minimum atomic E-state index is -1.27. The lowest BCUT2D eigenvalue weighted by molar-refractivity contribution is -0.150. The van der Waals surface area contributed by atoms with Crippen LogP contribution in [0.1, 0.15) is 27.4 Å². The summed E-state index contributed by atoms with van der Waals surface area (Å²) in [5, 5.41) is 13.9. The molecule has 0 aromatic heterocycles. The van der Waals surface area contributed by atoms with Gasteiger partial charge >= 0.3 is 11.9 Å². The van der Waals surface area contributed by atoms with Crippen LogP contribution in [0.2, 0.25) is 10.0 Å². The van der Waals surface area contributed by atoms with E-state index < -0.39 is 29.7 Å². The Labute approximate surface area is 204 Å². The van der Waals surface area contributed by atoms with Gasteiger partial charge in [0.2, 0.25) is 5.91 Å². The maximum absolute atomic E-state index is 12.9. The molecular formula is C23H18Cl2N2O5S. The number of halogens is 2. The molecule has 33 heavy (non-hydrogen) atoms. The molecule has 1 heterocycles. The Morgan fingerprint density at radius 2 is 1.82 bits per heavy atom. The normalized spacial score (nSPS) is 17.7. The first-order valence-electron chi connectivity index (χ1n) is 9.58. The third-order valence-electron chi connectivity index (χ3n) is 5.06. The number of amides is 1. The van der Waals surface area contributed by atoms with Crippen LogP contribution in [0.3, 0.4) is 0 Å². The van der Waals surface area contributed by atoms with Crippen molar-refractivity contribution < 1.29 is 23.9 Å². The number of methoxy groups -OCH3 is 2. The van der Waals surface area contributed by atoms with Gasteiger partial charge in [0.05, 0.1) is 36.5 Å². The van der Waals surface area contributed by atoms with E-state index in [2.05, 4.69) is 11.4 Å². The smallest absolute Gasteiger partial charge is 0.337 e. The van der Waals surface area contributed by atoms with Crippen molar-refractivity contribution in [3.8, 4) is 6.07 Å². The predicted molar refractivity (Wildman–Crippen MR) is 125 cm³/mol. The van der Waals surface area contributed by atoms with Crippen molar-refractivity contribution in [2.75, 3.05) is 14.2 Å². The van der Waals surface area contributed by atoms with E-state index in [9.17, 15) is 19.6 Å². The molecule has 2 atom stereocenters. The molecule has 0 saturated heterocycles. The molecule has 1 aliphatic rings. The van der Waals surface area contributed by atoms with Gasteiger partial charge in [-0.15, -0.1) is 11.8 Å². The van der Waals surface area contributed by atoms with E-state index in [1.807, 2.05) is 0 Å². The highest BCUT2D eigenvalue weighted by Crippen LogP contribution is 2.41. The summed E-state index contributed by atoms with van der Waals surface area (Å²) >= 11 is 13.4. The first kappa shape index (κ1) is 24.6. The van der Waals surface area contributed by atoms with Gasteiger partial charge in [-0.1, -0.05) is 41.4 Å². The highest BCUT2D eigenvalue weighted by molar-refractivity contribution is 8.02. The average molecular weight is 505 g/mol. The Morgan fingerprint density at radius 3 is 2.39 bits per heavy atom. The number of hydrogen-bond acceptors (Lipinski definition) is 7. The van der Waals surface area contributed by atoms with E-state index >= 15 is 0 Å². The molecule has 7 nitrogen and oxygen atoms in total. The Kier molecular flexibility index (Phi) is 8.03. The molecule has 3 rings (SSSR count). The molecule has 1 aliphatic heterocycles. The molecule has 0 fully saturated rings. The van der Waals surface area contributed by atoms with Gasteiger partial charge in [-0.25, -0.2) is 4.79 Å². The van der Waals surface area contributed by atoms with Gasteiger partial charge in [-0.05, 0) is 35.4 Å². The van der Waals surface area contributed by atoms with E-state index in [1.54, 1.807) is 30.3 Å². The summed E-state index contributed by atoms with van der Waals surface area (Å²) in [5.74, 6) is -3.70. The van der Waals surface area contributed by atoms with Crippen LogP contribution < -0.4 is 5.32 Å². The van der Waals surface area contributed by atoms with E-state index in [0.29, 0.717) is 32.0 Å². The number of carbonyl (C=O) groups is 3. The molecule has 170 valence electrons. The van der Waals surface area contributed by atoms with Crippen molar-refractivity contribution in [3.05, 3.63) is 79.8 Å². The van der Waals surface area contributed by atoms with Crippen LogP contribution in [0.5, 0.6) is 0 Å². The van der Waals surface area contributed by atoms with Crippen LogP contribution in [0.4, 0.5) is 0 Å². The summed E-state index contributed by atoms with van der Waals surface area (Å²) in [7, 11) is 2.44. The fourth-order valence-electron chi connectivity index (χ4n) is 3.41. The number of nitrogens with one attached hydrogen (secondary N) is 1. The third-order valence-corrected chi connectivity index (χ3v) is 6.71. The molecular weight excluding hydrogens is 487 g/mol. The van der Waals surface area contributed by atoms with E-state index in [0.717, 1.165) is 5.56 Å². The molecule has 2 aromatic carbocycles. The summed E-state index contributed by atoms with van der Waals surface area (Å²) in [6.45, 7) is 0. The Morgan fingerprint density at radius 1 is 1.12 bits per heavy atom. The number of nitriles is 1. The molecule has 0 bridgehead atoms. The molecule has 0 spiro atoms. The minimum absolute atomic E-state index is 0.200.